The second-order valence-electron chi connectivity index (χ2n) is 3.97. The van der Waals surface area contributed by atoms with Crippen molar-refractivity contribution < 1.29 is 9.47 Å². The Labute approximate surface area is 125 Å². The number of ether oxygens (including phenoxy) is 2. The Hall–Kier alpha value is -1.26. The van der Waals surface area contributed by atoms with Crippen LogP contribution in [0, 0.1) is 6.92 Å². The highest BCUT2D eigenvalue weighted by Crippen LogP contribution is 2.34. The maximum Gasteiger partial charge on any atom is 0.141 e. The van der Waals surface area contributed by atoms with E-state index in [0.29, 0.717) is 17.4 Å². The van der Waals surface area contributed by atoms with E-state index in [0.717, 1.165) is 21.5 Å². The van der Waals surface area contributed by atoms with E-state index in [1.165, 1.54) is 0 Å². The lowest BCUT2D eigenvalue weighted by atomic mass is 10.2. The van der Waals surface area contributed by atoms with Gasteiger partial charge >= 0.3 is 0 Å². The van der Waals surface area contributed by atoms with Gasteiger partial charge < -0.3 is 9.47 Å². The molecule has 0 radical (unpaired) electrons. The predicted octanol–water partition coefficient (Wildman–Crippen LogP) is 4.69. The molecule has 0 atom stereocenters. The van der Waals surface area contributed by atoms with Crippen molar-refractivity contribution >= 4 is 27.5 Å². The molecule has 100 valence electrons. The molecule has 19 heavy (non-hydrogen) atoms. The summed E-state index contributed by atoms with van der Waals surface area (Å²) in [6.45, 7) is 1.91. The third kappa shape index (κ3) is 3.39. The molecule has 0 aliphatic carbocycles. The molecule has 0 saturated carbocycles. The molecule has 0 unspecified atom stereocenters. The van der Waals surface area contributed by atoms with E-state index in [2.05, 4.69) is 20.9 Å². The summed E-state index contributed by atoms with van der Waals surface area (Å²) in [5, 5.41) is 0. The molecule has 1 aromatic heterocycles. The van der Waals surface area contributed by atoms with E-state index in [1.54, 1.807) is 13.3 Å². The maximum atomic E-state index is 5.89. The Balaban J connectivity index is 2.33. The SMILES string of the molecule is COc1ccc(Oc2cc(C)ncc2CCl)c(Br)c1. The number of methoxy groups -OCH3 is 1. The van der Waals surface area contributed by atoms with E-state index in [1.807, 2.05) is 31.2 Å². The maximum absolute atomic E-state index is 5.89. The molecule has 0 amide bonds. The highest BCUT2D eigenvalue weighted by Gasteiger charge is 2.09. The average Bonchev–Trinajstić information content (AvgIpc) is 2.41. The van der Waals surface area contributed by atoms with Gasteiger partial charge in [0.25, 0.3) is 0 Å². The molecule has 0 saturated heterocycles. The van der Waals surface area contributed by atoms with E-state index in [-0.39, 0.29) is 0 Å². The highest BCUT2D eigenvalue weighted by molar-refractivity contribution is 9.10. The molecule has 0 bridgehead atoms. The third-order valence-corrected chi connectivity index (χ3v) is 3.49. The predicted molar refractivity (Wildman–Crippen MR) is 79.3 cm³/mol. The second-order valence-corrected chi connectivity index (χ2v) is 5.09. The van der Waals surface area contributed by atoms with Gasteiger partial charge in [-0.2, -0.15) is 0 Å². The van der Waals surface area contributed by atoms with Crippen LogP contribution >= 0.6 is 27.5 Å². The Bertz CT molecular complexity index is 590. The molecular formula is C14H13BrClNO2. The van der Waals surface area contributed by atoms with Crippen LogP contribution in [0.1, 0.15) is 11.3 Å². The number of hydrogen-bond acceptors (Lipinski definition) is 3. The zero-order valence-corrected chi connectivity index (χ0v) is 13.0. The van der Waals surface area contributed by atoms with Gasteiger partial charge in [0.15, 0.2) is 0 Å². The number of nitrogens with zero attached hydrogens (tertiary/aromatic N) is 1. The molecule has 2 rings (SSSR count). The number of alkyl halides is 1. The van der Waals surface area contributed by atoms with Crippen LogP contribution in [0.15, 0.2) is 34.9 Å². The Morgan fingerprint density at radius 3 is 2.68 bits per heavy atom. The zero-order valence-electron chi connectivity index (χ0n) is 10.6. The molecule has 3 nitrogen and oxygen atoms in total. The van der Waals surface area contributed by atoms with Gasteiger partial charge in [0, 0.05) is 23.5 Å². The first kappa shape index (κ1) is 14.2. The lowest BCUT2D eigenvalue weighted by molar-refractivity contribution is 0.412. The average molecular weight is 343 g/mol. The molecule has 0 aliphatic heterocycles. The first-order valence-electron chi connectivity index (χ1n) is 5.67. The number of aromatic nitrogens is 1. The summed E-state index contributed by atoms with van der Waals surface area (Å²) in [7, 11) is 1.63. The first-order chi connectivity index (χ1) is 9.13. The number of hydrogen-bond donors (Lipinski definition) is 0. The summed E-state index contributed by atoms with van der Waals surface area (Å²) in [6.07, 6.45) is 1.73. The van der Waals surface area contributed by atoms with E-state index in [9.17, 15) is 0 Å². The summed E-state index contributed by atoms with van der Waals surface area (Å²) < 4.78 is 11.9. The molecule has 0 aliphatic rings. The van der Waals surface area contributed by atoms with Crippen molar-refractivity contribution in [2.75, 3.05) is 7.11 Å². The largest absolute Gasteiger partial charge is 0.497 e. The lowest BCUT2D eigenvalue weighted by Crippen LogP contribution is -1.94. The van der Waals surface area contributed by atoms with Crippen molar-refractivity contribution in [1.82, 2.24) is 4.98 Å². The molecule has 5 heteroatoms. The van der Waals surface area contributed by atoms with Crippen LogP contribution in [0.3, 0.4) is 0 Å². The highest BCUT2D eigenvalue weighted by atomic mass is 79.9. The topological polar surface area (TPSA) is 31.4 Å². The van der Waals surface area contributed by atoms with Gasteiger partial charge in [-0.15, -0.1) is 11.6 Å². The minimum absolute atomic E-state index is 0.358. The molecule has 1 heterocycles. The molecule has 0 spiro atoms. The monoisotopic (exact) mass is 341 g/mol. The molecule has 0 fully saturated rings. The van der Waals surface area contributed by atoms with Crippen LogP contribution in [0.2, 0.25) is 0 Å². The minimum atomic E-state index is 0.358. The van der Waals surface area contributed by atoms with Crippen LogP contribution in [-0.4, -0.2) is 12.1 Å². The van der Waals surface area contributed by atoms with Gasteiger partial charge in [-0.25, -0.2) is 0 Å². The van der Waals surface area contributed by atoms with E-state index >= 15 is 0 Å². The smallest absolute Gasteiger partial charge is 0.141 e. The fourth-order valence-corrected chi connectivity index (χ4v) is 2.21. The van der Waals surface area contributed by atoms with Gasteiger partial charge in [0.1, 0.15) is 17.2 Å². The van der Waals surface area contributed by atoms with Crippen LogP contribution < -0.4 is 9.47 Å². The number of pyridine rings is 1. The number of benzene rings is 1. The normalized spacial score (nSPS) is 10.3. The zero-order chi connectivity index (χ0) is 13.8. The van der Waals surface area contributed by atoms with Crippen LogP contribution in [0.5, 0.6) is 17.2 Å². The summed E-state index contributed by atoms with van der Waals surface area (Å²) >= 11 is 9.34. The van der Waals surface area contributed by atoms with Gasteiger partial charge in [0.05, 0.1) is 17.5 Å². The molecular weight excluding hydrogens is 330 g/mol. The first-order valence-corrected chi connectivity index (χ1v) is 6.99. The fourth-order valence-electron chi connectivity index (χ4n) is 1.57. The van der Waals surface area contributed by atoms with Crippen LogP contribution in [0.25, 0.3) is 0 Å². The van der Waals surface area contributed by atoms with Crippen molar-refractivity contribution in [2.45, 2.75) is 12.8 Å². The summed E-state index contributed by atoms with van der Waals surface area (Å²) in [5.41, 5.74) is 1.74. The number of halogens is 2. The summed E-state index contributed by atoms with van der Waals surface area (Å²) in [6, 6.07) is 7.41. The van der Waals surface area contributed by atoms with E-state index < -0.39 is 0 Å². The lowest BCUT2D eigenvalue weighted by Gasteiger charge is -2.12. The van der Waals surface area contributed by atoms with Crippen molar-refractivity contribution in [1.29, 1.82) is 0 Å². The Morgan fingerprint density at radius 1 is 1.26 bits per heavy atom. The quantitative estimate of drug-likeness (QED) is 0.755. The Morgan fingerprint density at radius 2 is 2.05 bits per heavy atom. The van der Waals surface area contributed by atoms with Crippen LogP contribution in [0.4, 0.5) is 0 Å². The molecule has 1 aromatic carbocycles. The van der Waals surface area contributed by atoms with Crippen molar-refractivity contribution in [3.8, 4) is 17.2 Å². The van der Waals surface area contributed by atoms with Crippen molar-refractivity contribution in [2.24, 2.45) is 0 Å². The molecule has 2 aromatic rings. The summed E-state index contributed by atoms with van der Waals surface area (Å²) in [5.74, 6) is 2.55. The van der Waals surface area contributed by atoms with Crippen molar-refractivity contribution in [3.05, 3.63) is 46.2 Å². The molecule has 0 N–H and O–H groups in total. The Kier molecular flexibility index (Phi) is 4.66. The number of aryl methyl sites for hydroxylation is 1. The van der Waals surface area contributed by atoms with Crippen LogP contribution in [-0.2, 0) is 5.88 Å². The van der Waals surface area contributed by atoms with Gasteiger partial charge in [-0.3, -0.25) is 4.98 Å². The van der Waals surface area contributed by atoms with Gasteiger partial charge in [-0.05, 0) is 41.1 Å². The van der Waals surface area contributed by atoms with Gasteiger partial charge in [-0.1, -0.05) is 0 Å². The minimum Gasteiger partial charge on any atom is -0.497 e. The third-order valence-electron chi connectivity index (χ3n) is 2.58. The second kappa shape index (κ2) is 6.26. The van der Waals surface area contributed by atoms with E-state index in [4.69, 9.17) is 21.1 Å². The van der Waals surface area contributed by atoms with Crippen molar-refractivity contribution in [3.63, 3.8) is 0 Å². The fraction of sp³-hybridized carbons (Fsp3) is 0.214. The van der Waals surface area contributed by atoms with Gasteiger partial charge in [0.2, 0.25) is 0 Å². The number of rotatable bonds is 4. The standard InChI is InChI=1S/C14H13BrClNO2/c1-9-5-14(10(7-16)8-17-9)19-13-4-3-11(18-2)6-12(13)15/h3-6,8H,7H2,1-2H3. The summed E-state index contributed by atoms with van der Waals surface area (Å²) in [4.78, 5) is 4.21.